The third kappa shape index (κ3) is 3.61. The maximum absolute atomic E-state index is 12.1. The van der Waals surface area contributed by atoms with Gasteiger partial charge in [0.25, 0.3) is 5.91 Å². The molecule has 2 rings (SSSR count). The predicted molar refractivity (Wildman–Crippen MR) is 83.1 cm³/mol. The van der Waals surface area contributed by atoms with Gasteiger partial charge in [-0.05, 0) is 48.9 Å². The Balaban J connectivity index is 2.20. The number of amides is 1. The van der Waals surface area contributed by atoms with Gasteiger partial charge >= 0.3 is 0 Å². The number of nitrogens with two attached hydrogens (primary N) is 1. The molecule has 0 aliphatic rings. The van der Waals surface area contributed by atoms with Crippen molar-refractivity contribution in [2.75, 3.05) is 17.3 Å². The van der Waals surface area contributed by atoms with Crippen LogP contribution in [0.5, 0.6) is 0 Å². The lowest BCUT2D eigenvalue weighted by Gasteiger charge is -2.08. The average molecular weight is 304 g/mol. The fourth-order valence-corrected chi connectivity index (χ4v) is 2.50. The second kappa shape index (κ2) is 5.57. The highest BCUT2D eigenvalue weighted by Crippen LogP contribution is 2.18. The Bertz CT molecular complexity index is 781. The van der Waals surface area contributed by atoms with Crippen molar-refractivity contribution < 1.29 is 13.2 Å². The zero-order valence-electron chi connectivity index (χ0n) is 11.8. The van der Waals surface area contributed by atoms with Crippen molar-refractivity contribution in [2.45, 2.75) is 11.8 Å². The number of carbonyl (C=O) groups is 1. The first-order valence-corrected chi connectivity index (χ1v) is 8.14. The van der Waals surface area contributed by atoms with E-state index >= 15 is 0 Å². The summed E-state index contributed by atoms with van der Waals surface area (Å²) in [5.41, 5.74) is 8.08. The molecule has 0 aliphatic carbocycles. The van der Waals surface area contributed by atoms with E-state index in [1.165, 1.54) is 12.1 Å². The zero-order valence-corrected chi connectivity index (χ0v) is 12.6. The highest BCUT2D eigenvalue weighted by Gasteiger charge is 2.11. The van der Waals surface area contributed by atoms with E-state index in [-0.39, 0.29) is 10.8 Å². The van der Waals surface area contributed by atoms with E-state index in [0.29, 0.717) is 16.9 Å². The smallest absolute Gasteiger partial charge is 0.257 e. The molecule has 0 saturated carbocycles. The van der Waals surface area contributed by atoms with Crippen LogP contribution in [0, 0.1) is 6.92 Å². The summed E-state index contributed by atoms with van der Waals surface area (Å²) in [5, 5.41) is 2.68. The molecule has 5 nitrogen and oxygen atoms in total. The molecule has 110 valence electrons. The molecule has 6 heteroatoms. The summed E-state index contributed by atoms with van der Waals surface area (Å²) in [6.07, 6.45) is 1.13. The van der Waals surface area contributed by atoms with Gasteiger partial charge in [0, 0.05) is 17.6 Å². The van der Waals surface area contributed by atoms with Crippen LogP contribution in [-0.2, 0) is 9.84 Å². The van der Waals surface area contributed by atoms with Crippen molar-refractivity contribution in [1.82, 2.24) is 0 Å². The quantitative estimate of drug-likeness (QED) is 0.851. The average Bonchev–Trinajstić information content (AvgIpc) is 2.38. The summed E-state index contributed by atoms with van der Waals surface area (Å²) in [7, 11) is -3.24. The first-order valence-electron chi connectivity index (χ1n) is 6.25. The molecule has 0 saturated heterocycles. The number of carbonyl (C=O) groups excluding carboxylic acids is 1. The van der Waals surface area contributed by atoms with Crippen LogP contribution in [0.1, 0.15) is 15.9 Å². The Kier molecular flexibility index (Phi) is 3.99. The third-order valence-corrected chi connectivity index (χ3v) is 4.12. The molecule has 3 N–H and O–H groups in total. The summed E-state index contributed by atoms with van der Waals surface area (Å²) in [6.45, 7) is 1.89. The zero-order chi connectivity index (χ0) is 15.6. The highest BCUT2D eigenvalue weighted by atomic mass is 32.2. The number of nitrogen functional groups attached to an aromatic ring is 1. The van der Waals surface area contributed by atoms with Crippen LogP contribution in [-0.4, -0.2) is 20.6 Å². The summed E-state index contributed by atoms with van der Waals surface area (Å²) >= 11 is 0. The first kappa shape index (κ1) is 15.1. The molecule has 0 unspecified atom stereocenters. The molecule has 21 heavy (non-hydrogen) atoms. The number of anilines is 2. The summed E-state index contributed by atoms with van der Waals surface area (Å²) in [6, 6.07) is 11.2. The lowest BCUT2D eigenvalue weighted by molar-refractivity contribution is 0.102. The largest absolute Gasteiger partial charge is 0.398 e. The fourth-order valence-electron chi connectivity index (χ4n) is 1.87. The molecule has 0 spiro atoms. The van der Waals surface area contributed by atoms with Crippen molar-refractivity contribution in [3.63, 3.8) is 0 Å². The minimum atomic E-state index is -3.24. The molecule has 0 fully saturated rings. The van der Waals surface area contributed by atoms with Crippen molar-refractivity contribution in [1.29, 1.82) is 0 Å². The van der Waals surface area contributed by atoms with E-state index < -0.39 is 9.84 Å². The van der Waals surface area contributed by atoms with Crippen LogP contribution in [0.25, 0.3) is 0 Å². The number of benzene rings is 2. The van der Waals surface area contributed by atoms with Gasteiger partial charge in [-0.25, -0.2) is 8.42 Å². The van der Waals surface area contributed by atoms with E-state index in [2.05, 4.69) is 5.32 Å². The Morgan fingerprint density at radius 1 is 1.10 bits per heavy atom. The van der Waals surface area contributed by atoms with Crippen molar-refractivity contribution in [3.05, 3.63) is 53.6 Å². The minimum absolute atomic E-state index is 0.204. The monoisotopic (exact) mass is 304 g/mol. The molecule has 0 atom stereocenters. The first-order chi connectivity index (χ1) is 9.77. The Morgan fingerprint density at radius 2 is 1.71 bits per heavy atom. The van der Waals surface area contributed by atoms with Crippen LogP contribution in [0.2, 0.25) is 0 Å². The number of hydrogen-bond acceptors (Lipinski definition) is 4. The van der Waals surface area contributed by atoms with Gasteiger partial charge in [0.15, 0.2) is 9.84 Å². The number of hydrogen-bond donors (Lipinski definition) is 2. The van der Waals surface area contributed by atoms with Crippen molar-refractivity contribution in [3.8, 4) is 0 Å². The molecule has 2 aromatic rings. The molecule has 0 bridgehead atoms. The van der Waals surface area contributed by atoms with Gasteiger partial charge in [-0.15, -0.1) is 0 Å². The van der Waals surface area contributed by atoms with Crippen LogP contribution in [0.4, 0.5) is 11.4 Å². The second-order valence-corrected chi connectivity index (χ2v) is 6.86. The standard InChI is InChI=1S/C15H16N2O3S/c1-10-3-8-13(14(16)9-10)15(18)17-11-4-6-12(7-5-11)21(2,19)20/h3-9H,16H2,1-2H3,(H,17,18). The maximum atomic E-state index is 12.1. The Labute approximate surface area is 123 Å². The van der Waals surface area contributed by atoms with Gasteiger partial charge in [-0.2, -0.15) is 0 Å². The summed E-state index contributed by atoms with van der Waals surface area (Å²) in [4.78, 5) is 12.3. The minimum Gasteiger partial charge on any atom is -0.398 e. The molecule has 2 aromatic carbocycles. The topological polar surface area (TPSA) is 89.3 Å². The van der Waals surface area contributed by atoms with Gasteiger partial charge < -0.3 is 11.1 Å². The van der Waals surface area contributed by atoms with Gasteiger partial charge in [-0.1, -0.05) is 6.07 Å². The number of rotatable bonds is 3. The lowest BCUT2D eigenvalue weighted by atomic mass is 10.1. The molecule has 0 aliphatic heterocycles. The lowest BCUT2D eigenvalue weighted by Crippen LogP contribution is -2.14. The van der Waals surface area contributed by atoms with Gasteiger partial charge in [-0.3, -0.25) is 4.79 Å². The van der Waals surface area contributed by atoms with E-state index in [1.54, 1.807) is 30.3 Å². The second-order valence-electron chi connectivity index (χ2n) is 4.84. The Morgan fingerprint density at radius 3 is 2.24 bits per heavy atom. The van der Waals surface area contributed by atoms with E-state index in [4.69, 9.17) is 5.73 Å². The van der Waals surface area contributed by atoms with Gasteiger partial charge in [0.05, 0.1) is 10.5 Å². The van der Waals surface area contributed by atoms with Crippen LogP contribution in [0.3, 0.4) is 0 Å². The third-order valence-electron chi connectivity index (χ3n) is 2.99. The van der Waals surface area contributed by atoms with Gasteiger partial charge in [0.1, 0.15) is 0 Å². The highest BCUT2D eigenvalue weighted by molar-refractivity contribution is 7.90. The number of aryl methyl sites for hydroxylation is 1. The molecule has 0 aromatic heterocycles. The SMILES string of the molecule is Cc1ccc(C(=O)Nc2ccc(S(C)(=O)=O)cc2)c(N)c1. The number of sulfone groups is 1. The predicted octanol–water partition coefficient (Wildman–Crippen LogP) is 2.23. The normalized spacial score (nSPS) is 11.1. The van der Waals surface area contributed by atoms with E-state index in [0.717, 1.165) is 11.8 Å². The molecule has 0 radical (unpaired) electrons. The summed E-state index contributed by atoms with van der Waals surface area (Å²) < 4.78 is 22.7. The number of nitrogens with one attached hydrogen (secondary N) is 1. The fraction of sp³-hybridized carbons (Fsp3) is 0.133. The van der Waals surface area contributed by atoms with Crippen molar-refractivity contribution >= 4 is 27.1 Å². The molecular weight excluding hydrogens is 288 g/mol. The van der Waals surface area contributed by atoms with Crippen molar-refractivity contribution in [2.24, 2.45) is 0 Å². The van der Waals surface area contributed by atoms with Gasteiger partial charge in [0.2, 0.25) is 0 Å². The summed E-state index contributed by atoms with van der Waals surface area (Å²) in [5.74, 6) is -0.334. The van der Waals surface area contributed by atoms with Crippen LogP contribution in [0.15, 0.2) is 47.4 Å². The Hall–Kier alpha value is -2.34. The molecular formula is C15H16N2O3S. The van der Waals surface area contributed by atoms with Crippen LogP contribution < -0.4 is 11.1 Å². The molecule has 0 heterocycles. The van der Waals surface area contributed by atoms with E-state index in [9.17, 15) is 13.2 Å². The van der Waals surface area contributed by atoms with Crippen LogP contribution >= 0.6 is 0 Å². The molecule has 1 amide bonds. The van der Waals surface area contributed by atoms with E-state index in [1.807, 2.05) is 6.92 Å². The maximum Gasteiger partial charge on any atom is 0.257 e.